The van der Waals surface area contributed by atoms with E-state index in [4.69, 9.17) is 27.9 Å². The predicted molar refractivity (Wildman–Crippen MR) is 87.0 cm³/mol. The molecule has 0 aromatic heterocycles. The lowest BCUT2D eigenvalue weighted by molar-refractivity contribution is -0.143. The first kappa shape index (κ1) is 18.2. The van der Waals surface area contributed by atoms with Crippen molar-refractivity contribution in [3.63, 3.8) is 0 Å². The van der Waals surface area contributed by atoms with Crippen LogP contribution in [0.15, 0.2) is 18.2 Å². The lowest BCUT2D eigenvalue weighted by atomic mass is 10.1. The van der Waals surface area contributed by atoms with Gasteiger partial charge in [0.25, 0.3) is 0 Å². The molecule has 1 N–H and O–H groups in total. The summed E-state index contributed by atoms with van der Waals surface area (Å²) in [5.74, 6) is -0.362. The van der Waals surface area contributed by atoms with Gasteiger partial charge in [0.05, 0.1) is 7.11 Å². The molecule has 4 nitrogen and oxygen atoms in total. The molecule has 118 valence electrons. The van der Waals surface area contributed by atoms with E-state index in [2.05, 4.69) is 24.1 Å². The van der Waals surface area contributed by atoms with Gasteiger partial charge in [0, 0.05) is 23.1 Å². The molecule has 1 aromatic carbocycles. The number of ether oxygens (including phenoxy) is 1. The van der Waals surface area contributed by atoms with Crippen LogP contribution in [0.1, 0.15) is 25.5 Å². The van der Waals surface area contributed by atoms with Gasteiger partial charge in [-0.2, -0.15) is 0 Å². The predicted octanol–water partition coefficient (Wildman–Crippen LogP) is 3.14. The summed E-state index contributed by atoms with van der Waals surface area (Å²) in [6.07, 6.45) is 0. The number of rotatable bonds is 8. The molecule has 0 radical (unpaired) electrons. The maximum Gasteiger partial charge on any atom is 0.327 e. The molecule has 0 aliphatic rings. The van der Waals surface area contributed by atoms with E-state index in [0.29, 0.717) is 22.2 Å². The number of hydrogen-bond acceptors (Lipinski definition) is 4. The van der Waals surface area contributed by atoms with Crippen molar-refractivity contribution >= 4 is 29.2 Å². The Hall–Kier alpha value is -0.810. The standard InChI is InChI=1S/C15H22Cl2N2O2/c1-4-19(5-2)9-8-18-14(15(20)21-3)12-7-6-11(16)10-13(12)17/h6-7,10,14,18H,4-5,8-9H2,1-3H3. The van der Waals surface area contributed by atoms with Crippen LogP contribution in [-0.4, -0.2) is 44.2 Å². The highest BCUT2D eigenvalue weighted by Crippen LogP contribution is 2.27. The highest BCUT2D eigenvalue weighted by molar-refractivity contribution is 6.35. The summed E-state index contributed by atoms with van der Waals surface area (Å²) in [4.78, 5) is 14.2. The van der Waals surface area contributed by atoms with Crippen molar-refractivity contribution in [2.24, 2.45) is 0 Å². The van der Waals surface area contributed by atoms with E-state index in [1.807, 2.05) is 0 Å². The van der Waals surface area contributed by atoms with Crippen LogP contribution in [0.4, 0.5) is 0 Å². The van der Waals surface area contributed by atoms with Gasteiger partial charge in [-0.3, -0.25) is 5.32 Å². The van der Waals surface area contributed by atoms with Gasteiger partial charge in [-0.1, -0.05) is 43.1 Å². The van der Waals surface area contributed by atoms with Crippen molar-refractivity contribution in [3.05, 3.63) is 33.8 Å². The SMILES string of the molecule is CCN(CC)CCNC(C(=O)OC)c1ccc(Cl)cc1Cl. The molecule has 0 fully saturated rings. The second-order valence-corrected chi connectivity index (χ2v) is 5.45. The van der Waals surface area contributed by atoms with Crippen LogP contribution in [0.3, 0.4) is 0 Å². The minimum Gasteiger partial charge on any atom is -0.468 e. The molecule has 0 saturated heterocycles. The van der Waals surface area contributed by atoms with Crippen molar-refractivity contribution in [2.75, 3.05) is 33.3 Å². The summed E-state index contributed by atoms with van der Waals surface area (Å²) in [6.45, 7) is 7.69. The van der Waals surface area contributed by atoms with Crippen LogP contribution in [0, 0.1) is 0 Å². The largest absolute Gasteiger partial charge is 0.468 e. The summed E-state index contributed by atoms with van der Waals surface area (Å²) in [7, 11) is 1.37. The number of esters is 1. The zero-order valence-corrected chi connectivity index (χ0v) is 14.2. The van der Waals surface area contributed by atoms with E-state index in [-0.39, 0.29) is 5.97 Å². The van der Waals surface area contributed by atoms with E-state index < -0.39 is 6.04 Å². The molecule has 0 aliphatic carbocycles. The highest BCUT2D eigenvalue weighted by Gasteiger charge is 2.23. The lowest BCUT2D eigenvalue weighted by Gasteiger charge is -2.22. The molecule has 0 saturated carbocycles. The monoisotopic (exact) mass is 332 g/mol. The third kappa shape index (κ3) is 5.47. The molecule has 0 heterocycles. The fourth-order valence-electron chi connectivity index (χ4n) is 2.08. The molecule has 21 heavy (non-hydrogen) atoms. The Balaban J connectivity index is 2.79. The molecule has 1 unspecified atom stereocenters. The first-order valence-electron chi connectivity index (χ1n) is 7.01. The number of carbonyl (C=O) groups excluding carboxylic acids is 1. The Bertz CT molecular complexity index is 465. The number of hydrogen-bond donors (Lipinski definition) is 1. The highest BCUT2D eigenvalue weighted by atomic mass is 35.5. The fraction of sp³-hybridized carbons (Fsp3) is 0.533. The molecule has 1 atom stereocenters. The molecule has 6 heteroatoms. The smallest absolute Gasteiger partial charge is 0.327 e. The van der Waals surface area contributed by atoms with E-state index in [9.17, 15) is 4.79 Å². The summed E-state index contributed by atoms with van der Waals surface area (Å²) in [5, 5.41) is 4.19. The van der Waals surface area contributed by atoms with Crippen molar-refractivity contribution in [3.8, 4) is 0 Å². The molecule has 0 aliphatic heterocycles. The van der Waals surface area contributed by atoms with Crippen molar-refractivity contribution in [2.45, 2.75) is 19.9 Å². The van der Waals surface area contributed by atoms with Gasteiger partial charge >= 0.3 is 5.97 Å². The third-order valence-corrected chi connectivity index (χ3v) is 3.94. The molecule has 0 spiro atoms. The van der Waals surface area contributed by atoms with Gasteiger partial charge < -0.3 is 9.64 Å². The number of benzene rings is 1. The molecule has 1 rings (SSSR count). The van der Waals surface area contributed by atoms with Gasteiger partial charge in [0.1, 0.15) is 6.04 Å². The van der Waals surface area contributed by atoms with Gasteiger partial charge in [-0.15, -0.1) is 0 Å². The summed E-state index contributed by atoms with van der Waals surface area (Å²) in [6, 6.07) is 4.50. The van der Waals surface area contributed by atoms with Crippen molar-refractivity contribution in [1.82, 2.24) is 10.2 Å². The van der Waals surface area contributed by atoms with Gasteiger partial charge in [-0.05, 0) is 30.8 Å². The maximum atomic E-state index is 12.0. The van der Waals surface area contributed by atoms with E-state index >= 15 is 0 Å². The first-order chi connectivity index (χ1) is 10.0. The van der Waals surface area contributed by atoms with E-state index in [0.717, 1.165) is 19.6 Å². The zero-order chi connectivity index (χ0) is 15.8. The minimum absolute atomic E-state index is 0.362. The molecule has 0 bridgehead atoms. The number of nitrogens with zero attached hydrogens (tertiary/aromatic N) is 1. The van der Waals surface area contributed by atoms with Crippen molar-refractivity contribution < 1.29 is 9.53 Å². The van der Waals surface area contributed by atoms with Crippen LogP contribution in [0.25, 0.3) is 0 Å². The topological polar surface area (TPSA) is 41.6 Å². The van der Waals surface area contributed by atoms with Crippen molar-refractivity contribution in [1.29, 1.82) is 0 Å². The molecular formula is C15H22Cl2N2O2. The molecular weight excluding hydrogens is 311 g/mol. The second kappa shape index (κ2) is 9.26. The fourth-order valence-corrected chi connectivity index (χ4v) is 2.60. The van der Waals surface area contributed by atoms with Crippen LogP contribution in [0.2, 0.25) is 10.0 Å². The Morgan fingerprint density at radius 2 is 2.00 bits per heavy atom. The van der Waals surface area contributed by atoms with Crippen LogP contribution >= 0.6 is 23.2 Å². The van der Waals surface area contributed by atoms with Crippen LogP contribution < -0.4 is 5.32 Å². The number of likely N-dealkylation sites (N-methyl/N-ethyl adjacent to an activating group) is 1. The average Bonchev–Trinajstić information content (AvgIpc) is 2.48. The lowest BCUT2D eigenvalue weighted by Crippen LogP contribution is -2.37. The number of methoxy groups -OCH3 is 1. The summed E-state index contributed by atoms with van der Waals surface area (Å²) in [5.41, 5.74) is 0.674. The van der Waals surface area contributed by atoms with Gasteiger partial charge in [0.15, 0.2) is 0 Å². The number of halogens is 2. The third-order valence-electron chi connectivity index (χ3n) is 3.38. The number of nitrogens with one attached hydrogen (secondary N) is 1. The Labute approximate surface area is 136 Å². The Kier molecular flexibility index (Phi) is 8.04. The van der Waals surface area contributed by atoms with Gasteiger partial charge in [-0.25, -0.2) is 4.79 Å². The van der Waals surface area contributed by atoms with Gasteiger partial charge in [0.2, 0.25) is 0 Å². The van der Waals surface area contributed by atoms with E-state index in [1.54, 1.807) is 18.2 Å². The van der Waals surface area contributed by atoms with E-state index in [1.165, 1.54) is 7.11 Å². The minimum atomic E-state index is -0.588. The van der Waals surface area contributed by atoms with Crippen LogP contribution in [0.5, 0.6) is 0 Å². The second-order valence-electron chi connectivity index (χ2n) is 4.60. The maximum absolute atomic E-state index is 12.0. The zero-order valence-electron chi connectivity index (χ0n) is 12.7. The first-order valence-corrected chi connectivity index (χ1v) is 7.77. The van der Waals surface area contributed by atoms with Crippen LogP contribution in [-0.2, 0) is 9.53 Å². The average molecular weight is 333 g/mol. The normalized spacial score (nSPS) is 12.5. The molecule has 0 amide bonds. The Morgan fingerprint density at radius 3 is 2.52 bits per heavy atom. The Morgan fingerprint density at radius 1 is 1.33 bits per heavy atom. The number of carbonyl (C=O) groups is 1. The quantitative estimate of drug-likeness (QED) is 0.742. The summed E-state index contributed by atoms with van der Waals surface area (Å²) >= 11 is 12.1. The molecule has 1 aromatic rings. The summed E-state index contributed by atoms with van der Waals surface area (Å²) < 4.78 is 4.86.